The molecule has 0 fully saturated rings. The third-order valence-corrected chi connectivity index (χ3v) is 5.13. The molecule has 1 atom stereocenters. The first-order valence-corrected chi connectivity index (χ1v) is 7.73. The molecule has 1 unspecified atom stereocenters. The maximum absolute atomic E-state index is 13.1. The summed E-state index contributed by atoms with van der Waals surface area (Å²) < 4.78 is 39.5. The van der Waals surface area contributed by atoms with Crippen LogP contribution in [0.4, 0.5) is 4.39 Å². The second-order valence-electron chi connectivity index (χ2n) is 4.71. The van der Waals surface area contributed by atoms with Crippen LogP contribution in [0, 0.1) is 18.7 Å². The fraction of sp³-hybridized carbons (Fsp3) is 0.538. The zero-order valence-electron chi connectivity index (χ0n) is 11.6. The molecule has 6 heteroatoms. The molecule has 0 bridgehead atoms. The van der Waals surface area contributed by atoms with Gasteiger partial charge in [0.15, 0.2) is 0 Å². The van der Waals surface area contributed by atoms with E-state index in [4.69, 9.17) is 5.73 Å². The maximum Gasteiger partial charge on any atom is 0.243 e. The van der Waals surface area contributed by atoms with Crippen molar-refractivity contribution in [1.29, 1.82) is 0 Å². The fourth-order valence-electron chi connectivity index (χ4n) is 1.86. The highest BCUT2D eigenvalue weighted by molar-refractivity contribution is 7.89. The zero-order chi connectivity index (χ0) is 14.6. The van der Waals surface area contributed by atoms with E-state index in [1.807, 2.05) is 6.92 Å². The van der Waals surface area contributed by atoms with Crippen LogP contribution in [0.25, 0.3) is 0 Å². The monoisotopic (exact) mass is 288 g/mol. The summed E-state index contributed by atoms with van der Waals surface area (Å²) >= 11 is 0. The molecule has 19 heavy (non-hydrogen) atoms. The fourth-order valence-corrected chi connectivity index (χ4v) is 3.64. The highest BCUT2D eigenvalue weighted by Gasteiger charge is 2.25. The molecule has 0 spiro atoms. The predicted octanol–water partition coefficient (Wildman–Crippen LogP) is 1.74. The van der Waals surface area contributed by atoms with Crippen LogP contribution >= 0.6 is 0 Å². The van der Waals surface area contributed by atoms with Gasteiger partial charge in [0, 0.05) is 13.1 Å². The van der Waals surface area contributed by atoms with E-state index in [0.717, 1.165) is 0 Å². The first-order chi connectivity index (χ1) is 8.82. The van der Waals surface area contributed by atoms with Crippen LogP contribution in [0.3, 0.4) is 0 Å². The minimum atomic E-state index is -3.59. The van der Waals surface area contributed by atoms with Crippen molar-refractivity contribution in [2.75, 3.05) is 19.6 Å². The lowest BCUT2D eigenvalue weighted by Gasteiger charge is -2.24. The molecule has 1 aromatic carbocycles. The number of benzene rings is 1. The molecule has 108 valence electrons. The van der Waals surface area contributed by atoms with Crippen molar-refractivity contribution in [2.45, 2.75) is 25.7 Å². The Morgan fingerprint density at radius 2 is 2.05 bits per heavy atom. The molecule has 0 radical (unpaired) electrons. The lowest BCUT2D eigenvalue weighted by molar-refractivity contribution is 0.371. The largest absolute Gasteiger partial charge is 0.330 e. The van der Waals surface area contributed by atoms with Crippen molar-refractivity contribution in [3.8, 4) is 0 Å². The van der Waals surface area contributed by atoms with Crippen molar-refractivity contribution in [3.63, 3.8) is 0 Å². The van der Waals surface area contributed by atoms with Crippen LogP contribution in [0.5, 0.6) is 0 Å². The molecule has 0 aliphatic heterocycles. The average Bonchev–Trinajstić information content (AvgIpc) is 2.34. The zero-order valence-corrected chi connectivity index (χ0v) is 12.4. The van der Waals surface area contributed by atoms with Gasteiger partial charge in [-0.1, -0.05) is 13.8 Å². The Morgan fingerprint density at radius 1 is 1.42 bits per heavy atom. The van der Waals surface area contributed by atoms with E-state index in [-0.39, 0.29) is 10.8 Å². The van der Waals surface area contributed by atoms with Gasteiger partial charge in [-0.3, -0.25) is 0 Å². The first-order valence-electron chi connectivity index (χ1n) is 6.29. The van der Waals surface area contributed by atoms with E-state index >= 15 is 0 Å². The molecule has 4 nitrogen and oxygen atoms in total. The number of hydrogen-bond acceptors (Lipinski definition) is 3. The van der Waals surface area contributed by atoms with Gasteiger partial charge < -0.3 is 5.73 Å². The van der Waals surface area contributed by atoms with Crippen LogP contribution in [-0.4, -0.2) is 32.4 Å². The topological polar surface area (TPSA) is 63.4 Å². The predicted molar refractivity (Wildman–Crippen MR) is 73.8 cm³/mol. The summed E-state index contributed by atoms with van der Waals surface area (Å²) in [6, 6.07) is 3.71. The molecular weight excluding hydrogens is 267 g/mol. The summed E-state index contributed by atoms with van der Waals surface area (Å²) in [5.41, 5.74) is 5.95. The highest BCUT2D eigenvalue weighted by Crippen LogP contribution is 2.21. The maximum atomic E-state index is 13.1. The Kier molecular flexibility index (Phi) is 5.46. The minimum absolute atomic E-state index is 0.0791. The lowest BCUT2D eigenvalue weighted by atomic mass is 10.2. The lowest BCUT2D eigenvalue weighted by Crippen LogP contribution is -2.36. The molecule has 0 saturated heterocycles. The van der Waals surface area contributed by atoms with Gasteiger partial charge in [0.2, 0.25) is 10.0 Å². The highest BCUT2D eigenvalue weighted by atomic mass is 32.2. The number of nitrogens with zero attached hydrogens (tertiary/aromatic N) is 1. The Morgan fingerprint density at radius 3 is 2.53 bits per heavy atom. The van der Waals surface area contributed by atoms with E-state index in [1.165, 1.54) is 22.5 Å². The van der Waals surface area contributed by atoms with E-state index in [1.54, 1.807) is 13.8 Å². The Labute approximate surface area is 114 Å². The number of rotatable bonds is 6. The van der Waals surface area contributed by atoms with E-state index in [0.29, 0.717) is 25.2 Å². The van der Waals surface area contributed by atoms with E-state index in [9.17, 15) is 12.8 Å². The van der Waals surface area contributed by atoms with Crippen molar-refractivity contribution in [3.05, 3.63) is 29.6 Å². The van der Waals surface area contributed by atoms with Crippen LogP contribution in [0.15, 0.2) is 23.1 Å². The SMILES string of the molecule is CCN(CC(C)CN)S(=O)(=O)c1ccc(F)cc1C. The smallest absolute Gasteiger partial charge is 0.243 e. The quantitative estimate of drug-likeness (QED) is 0.867. The van der Waals surface area contributed by atoms with Gasteiger partial charge in [0.1, 0.15) is 5.82 Å². The summed E-state index contributed by atoms with van der Waals surface area (Å²) in [5, 5.41) is 0. The first kappa shape index (κ1) is 16.1. The average molecular weight is 288 g/mol. The van der Waals surface area contributed by atoms with E-state index in [2.05, 4.69) is 0 Å². The number of sulfonamides is 1. The van der Waals surface area contributed by atoms with Gasteiger partial charge in [0.25, 0.3) is 0 Å². The molecule has 0 amide bonds. The molecule has 0 heterocycles. The third-order valence-electron chi connectivity index (χ3n) is 3.03. The number of hydrogen-bond donors (Lipinski definition) is 1. The standard InChI is InChI=1S/C13H21FN2O2S/c1-4-16(9-10(2)8-15)19(17,18)13-6-5-12(14)7-11(13)3/h5-7,10H,4,8-9,15H2,1-3H3. The second kappa shape index (κ2) is 6.45. The van der Waals surface area contributed by atoms with Crippen LogP contribution in [0.1, 0.15) is 19.4 Å². The van der Waals surface area contributed by atoms with Gasteiger partial charge in [-0.25, -0.2) is 12.8 Å². The summed E-state index contributed by atoms with van der Waals surface area (Å²) in [7, 11) is -3.59. The number of halogens is 1. The van der Waals surface area contributed by atoms with Gasteiger partial charge in [-0.2, -0.15) is 4.31 Å². The minimum Gasteiger partial charge on any atom is -0.330 e. The number of nitrogens with two attached hydrogens (primary N) is 1. The number of aryl methyl sites for hydroxylation is 1. The molecular formula is C13H21FN2O2S. The third kappa shape index (κ3) is 3.75. The van der Waals surface area contributed by atoms with Crippen LogP contribution in [0.2, 0.25) is 0 Å². The summed E-state index contributed by atoms with van der Waals surface area (Å²) in [6.45, 7) is 6.43. The summed E-state index contributed by atoms with van der Waals surface area (Å²) in [6.07, 6.45) is 0. The summed E-state index contributed by atoms with van der Waals surface area (Å²) in [5.74, 6) is -0.356. The van der Waals surface area contributed by atoms with Gasteiger partial charge in [-0.05, 0) is 43.1 Å². The second-order valence-corrected chi connectivity index (χ2v) is 6.61. The molecule has 1 rings (SSSR count). The molecule has 0 saturated carbocycles. The molecule has 1 aromatic rings. The van der Waals surface area contributed by atoms with Crippen LogP contribution in [-0.2, 0) is 10.0 Å². The van der Waals surface area contributed by atoms with Gasteiger partial charge in [0.05, 0.1) is 4.90 Å². The Hall–Kier alpha value is -0.980. The molecule has 0 aliphatic rings. The van der Waals surface area contributed by atoms with Crippen molar-refractivity contribution >= 4 is 10.0 Å². The van der Waals surface area contributed by atoms with Crippen molar-refractivity contribution < 1.29 is 12.8 Å². The summed E-state index contributed by atoms with van der Waals surface area (Å²) in [4.78, 5) is 0.153. The normalized spacial score (nSPS) is 13.8. The van der Waals surface area contributed by atoms with Crippen molar-refractivity contribution in [2.24, 2.45) is 11.7 Å². The Bertz CT molecular complexity index is 531. The molecule has 0 aromatic heterocycles. The molecule has 0 aliphatic carbocycles. The Balaban J connectivity index is 3.13. The van der Waals surface area contributed by atoms with Gasteiger partial charge >= 0.3 is 0 Å². The molecule has 2 N–H and O–H groups in total. The van der Waals surface area contributed by atoms with E-state index < -0.39 is 15.8 Å². The van der Waals surface area contributed by atoms with Gasteiger partial charge in [-0.15, -0.1) is 0 Å². The van der Waals surface area contributed by atoms with Crippen molar-refractivity contribution in [1.82, 2.24) is 4.31 Å². The van der Waals surface area contributed by atoms with Crippen LogP contribution < -0.4 is 5.73 Å².